The van der Waals surface area contributed by atoms with Crippen molar-refractivity contribution in [1.82, 2.24) is 0 Å². The van der Waals surface area contributed by atoms with Gasteiger partial charge in [0, 0.05) is 6.61 Å². The molecule has 0 radical (unpaired) electrons. The fourth-order valence-electron chi connectivity index (χ4n) is 0.167. The van der Waals surface area contributed by atoms with E-state index in [4.69, 9.17) is 11.5 Å². The molecule has 1 N–H and O–H groups in total. The van der Waals surface area contributed by atoms with Gasteiger partial charge in [0.15, 0.2) is 0 Å². The fraction of sp³-hybridized carbons (Fsp3) is 0.600. The molecular formula is C5H7LiO. The van der Waals surface area contributed by atoms with E-state index in [0.29, 0.717) is 12.8 Å². The van der Waals surface area contributed by atoms with Crippen LogP contribution in [-0.2, 0) is 0 Å². The summed E-state index contributed by atoms with van der Waals surface area (Å²) < 4.78 is 0. The third-order valence-electron chi connectivity index (χ3n) is 0.460. The summed E-state index contributed by atoms with van der Waals surface area (Å²) in [5.74, 6) is 2.16. The molecule has 0 bridgehead atoms. The van der Waals surface area contributed by atoms with Gasteiger partial charge in [0.1, 0.15) is 0 Å². The first kappa shape index (κ1) is 10.2. The van der Waals surface area contributed by atoms with Crippen LogP contribution in [0.3, 0.4) is 0 Å². The quantitative estimate of drug-likeness (QED) is 0.170. The monoisotopic (exact) mass is 90.1 g/mol. The first-order chi connectivity index (χ1) is 2.91. The molecule has 0 aliphatic heterocycles. The largest absolute Gasteiger partial charge is 1.00 e. The maximum absolute atomic E-state index is 8.07. The van der Waals surface area contributed by atoms with Crippen molar-refractivity contribution in [3.8, 4) is 5.92 Å². The predicted octanol–water partition coefficient (Wildman–Crippen LogP) is -2.65. The molecule has 0 unspecified atom stereocenters. The van der Waals surface area contributed by atoms with Crippen molar-refractivity contribution in [2.45, 2.75) is 12.8 Å². The van der Waals surface area contributed by atoms with Crippen LogP contribution in [0.1, 0.15) is 12.8 Å². The Labute approximate surface area is 56.3 Å². The number of hydrogen-bond donors (Lipinski definition) is 1. The van der Waals surface area contributed by atoms with Gasteiger partial charge in [0.25, 0.3) is 0 Å². The van der Waals surface area contributed by atoms with Crippen LogP contribution in [0, 0.1) is 12.3 Å². The first-order valence-electron chi connectivity index (χ1n) is 1.92. The zero-order valence-corrected chi connectivity index (χ0v) is 4.57. The van der Waals surface area contributed by atoms with E-state index in [0.717, 1.165) is 0 Å². The van der Waals surface area contributed by atoms with Crippen molar-refractivity contribution >= 4 is 0 Å². The molecule has 2 heteroatoms. The molecule has 0 spiro atoms. The molecule has 0 saturated heterocycles. The molecule has 0 heterocycles. The van der Waals surface area contributed by atoms with E-state index in [2.05, 4.69) is 5.92 Å². The average molecular weight is 90.1 g/mol. The molecule has 0 aromatic carbocycles. The number of unbranched alkanes of at least 4 members (excludes halogenated alkanes) is 1. The minimum absolute atomic E-state index is 0. The van der Waals surface area contributed by atoms with Gasteiger partial charge in [0.2, 0.25) is 0 Å². The van der Waals surface area contributed by atoms with Crippen LogP contribution in [0.5, 0.6) is 0 Å². The van der Waals surface area contributed by atoms with Gasteiger partial charge in [0.05, 0.1) is 0 Å². The van der Waals surface area contributed by atoms with E-state index in [1.165, 1.54) is 0 Å². The molecule has 0 aliphatic carbocycles. The molecule has 7 heavy (non-hydrogen) atoms. The molecular weight excluding hydrogens is 83.0 g/mol. The summed E-state index contributed by atoms with van der Waals surface area (Å²) in [7, 11) is 0. The second kappa shape index (κ2) is 9.45. The summed E-state index contributed by atoms with van der Waals surface area (Å²) in [5, 5.41) is 8.07. The van der Waals surface area contributed by atoms with Crippen molar-refractivity contribution < 1.29 is 24.0 Å². The molecule has 0 aromatic rings. The van der Waals surface area contributed by atoms with E-state index < -0.39 is 0 Å². The molecule has 0 aromatic heterocycles. The zero-order valence-electron chi connectivity index (χ0n) is 4.57. The summed E-state index contributed by atoms with van der Waals surface area (Å²) >= 11 is 0. The van der Waals surface area contributed by atoms with Crippen LogP contribution in [0.15, 0.2) is 0 Å². The Bertz CT molecular complexity index is 55.6. The molecule has 0 aliphatic rings. The van der Waals surface area contributed by atoms with Gasteiger partial charge in [-0.3, -0.25) is 0 Å². The molecule has 34 valence electrons. The van der Waals surface area contributed by atoms with E-state index in [9.17, 15) is 0 Å². The molecule has 0 amide bonds. The van der Waals surface area contributed by atoms with Crippen molar-refractivity contribution in [1.29, 1.82) is 0 Å². The van der Waals surface area contributed by atoms with Crippen molar-refractivity contribution in [2.75, 3.05) is 6.61 Å². The third kappa shape index (κ3) is 10.7. The smallest absolute Gasteiger partial charge is 0.694 e. The Morgan fingerprint density at radius 1 is 1.57 bits per heavy atom. The van der Waals surface area contributed by atoms with Crippen LogP contribution in [0.2, 0.25) is 0 Å². The summed E-state index contributed by atoms with van der Waals surface area (Å²) in [4.78, 5) is 0. The van der Waals surface area contributed by atoms with Crippen LogP contribution in [0.25, 0.3) is 0 Å². The van der Waals surface area contributed by atoms with Crippen molar-refractivity contribution in [3.63, 3.8) is 0 Å². The molecule has 0 saturated carbocycles. The summed E-state index contributed by atoms with van der Waals surface area (Å²) in [6.07, 6.45) is 7.59. The van der Waals surface area contributed by atoms with Gasteiger partial charge in [-0.15, -0.1) is 0 Å². The first-order valence-corrected chi connectivity index (χ1v) is 1.92. The maximum atomic E-state index is 8.07. The van der Waals surface area contributed by atoms with Crippen LogP contribution < -0.4 is 18.9 Å². The minimum Gasteiger partial charge on any atom is -0.694 e. The van der Waals surface area contributed by atoms with Crippen LogP contribution in [0.4, 0.5) is 0 Å². The number of rotatable bonds is 2. The normalized spacial score (nSPS) is 6.29. The van der Waals surface area contributed by atoms with Crippen molar-refractivity contribution in [2.24, 2.45) is 0 Å². The van der Waals surface area contributed by atoms with E-state index in [1.54, 1.807) is 0 Å². The van der Waals surface area contributed by atoms with Crippen molar-refractivity contribution in [3.05, 3.63) is 6.42 Å². The summed E-state index contributed by atoms with van der Waals surface area (Å²) in [5.41, 5.74) is 0. The van der Waals surface area contributed by atoms with Gasteiger partial charge >= 0.3 is 18.9 Å². The van der Waals surface area contributed by atoms with Crippen LogP contribution in [-0.4, -0.2) is 11.7 Å². The number of aliphatic hydroxyl groups excluding tert-OH is 1. The SMILES string of the molecule is [C-]#CCCCO.[Li+]. The summed E-state index contributed by atoms with van der Waals surface area (Å²) in [6, 6.07) is 0. The Morgan fingerprint density at radius 2 is 2.14 bits per heavy atom. The number of hydrogen-bond acceptors (Lipinski definition) is 1. The molecule has 1 nitrogen and oxygen atoms in total. The Kier molecular flexibility index (Phi) is 13.7. The summed E-state index contributed by atoms with van der Waals surface area (Å²) in [6.45, 7) is 0.172. The van der Waals surface area contributed by atoms with Crippen LogP contribution >= 0.6 is 0 Å². The number of aliphatic hydroxyl groups is 1. The standard InChI is InChI=1S/C5H7O.Li/c1-2-3-4-5-6;/h6H,3-5H2;/q-1;+1. The maximum Gasteiger partial charge on any atom is 1.00 e. The molecule has 0 fully saturated rings. The van der Waals surface area contributed by atoms with Gasteiger partial charge in [-0.05, 0) is 12.8 Å². The topological polar surface area (TPSA) is 20.2 Å². The second-order valence-electron chi connectivity index (χ2n) is 1.00. The predicted molar refractivity (Wildman–Crippen MR) is 23.5 cm³/mol. The molecule has 0 rings (SSSR count). The van der Waals surface area contributed by atoms with Gasteiger partial charge in [-0.25, -0.2) is 0 Å². The van der Waals surface area contributed by atoms with E-state index >= 15 is 0 Å². The second-order valence-corrected chi connectivity index (χ2v) is 1.00. The average Bonchev–Trinajstić information content (AvgIpc) is 1.61. The Balaban J connectivity index is 0. The van der Waals surface area contributed by atoms with Gasteiger partial charge < -0.3 is 17.5 Å². The van der Waals surface area contributed by atoms with E-state index in [-0.39, 0.29) is 25.5 Å². The third-order valence-corrected chi connectivity index (χ3v) is 0.460. The minimum atomic E-state index is 0. The zero-order chi connectivity index (χ0) is 4.83. The fourth-order valence-corrected chi connectivity index (χ4v) is 0.167. The Hall–Kier alpha value is 0.117. The van der Waals surface area contributed by atoms with E-state index in [1.807, 2.05) is 0 Å². The van der Waals surface area contributed by atoms with Gasteiger partial charge in [-0.1, -0.05) is 0 Å². The van der Waals surface area contributed by atoms with Gasteiger partial charge in [-0.2, -0.15) is 0 Å². The Morgan fingerprint density at radius 3 is 2.29 bits per heavy atom. The molecule has 0 atom stereocenters.